The molecule has 1 unspecified atom stereocenters. The quantitative estimate of drug-likeness (QED) is 0.457. The van der Waals surface area contributed by atoms with Crippen LogP contribution in [0.15, 0.2) is 0 Å². The van der Waals surface area contributed by atoms with Crippen LogP contribution in [0.25, 0.3) is 0 Å². The lowest BCUT2D eigenvalue weighted by atomic mass is 10.1. The highest BCUT2D eigenvalue weighted by Crippen LogP contribution is 2.07. The number of amides is 1. The molecule has 7 heteroatoms. The number of rotatable bonds is 8. The van der Waals surface area contributed by atoms with Gasteiger partial charge in [-0.15, -0.1) is 0 Å². The van der Waals surface area contributed by atoms with Gasteiger partial charge in [-0.25, -0.2) is 4.79 Å². The summed E-state index contributed by atoms with van der Waals surface area (Å²) in [5, 5.41) is 23.2. The van der Waals surface area contributed by atoms with Gasteiger partial charge in [-0.1, -0.05) is 0 Å². The number of aliphatic hydroxyl groups is 1. The van der Waals surface area contributed by atoms with Crippen molar-refractivity contribution in [1.29, 1.82) is 0 Å². The monoisotopic (exact) mass is 274 g/mol. The maximum absolute atomic E-state index is 11.4. The van der Waals surface area contributed by atoms with Crippen LogP contribution in [0.1, 0.15) is 25.7 Å². The van der Waals surface area contributed by atoms with Gasteiger partial charge >= 0.3 is 5.97 Å². The molecular weight excluding hydrogens is 252 g/mol. The predicted octanol–water partition coefficient (Wildman–Crippen LogP) is -0.903. The molecular formula is C12H22N2O5. The molecule has 4 N–H and O–H groups in total. The number of aliphatic carboxylic acids is 1. The van der Waals surface area contributed by atoms with Gasteiger partial charge in [0.25, 0.3) is 0 Å². The van der Waals surface area contributed by atoms with E-state index in [4.69, 9.17) is 14.9 Å². The van der Waals surface area contributed by atoms with Crippen molar-refractivity contribution in [3.8, 4) is 0 Å². The average molecular weight is 274 g/mol. The Kier molecular flexibility index (Phi) is 7.39. The largest absolute Gasteiger partial charge is 0.479 e. The fraction of sp³-hybridized carbons (Fsp3) is 0.833. The van der Waals surface area contributed by atoms with Crippen molar-refractivity contribution in [1.82, 2.24) is 10.6 Å². The van der Waals surface area contributed by atoms with Gasteiger partial charge in [0.2, 0.25) is 5.91 Å². The summed E-state index contributed by atoms with van der Waals surface area (Å²) in [5.74, 6) is -1.46. The second kappa shape index (κ2) is 8.84. The SMILES string of the molecule is O=C(CCOC1CCNCC1)NCCC(O)C(=O)O. The van der Waals surface area contributed by atoms with Crippen molar-refractivity contribution in [3.05, 3.63) is 0 Å². The maximum Gasteiger partial charge on any atom is 0.332 e. The maximum atomic E-state index is 11.4. The molecule has 1 rings (SSSR count). The van der Waals surface area contributed by atoms with E-state index >= 15 is 0 Å². The van der Waals surface area contributed by atoms with Crippen LogP contribution in [0.3, 0.4) is 0 Å². The number of hydrogen-bond acceptors (Lipinski definition) is 5. The fourth-order valence-electron chi connectivity index (χ4n) is 1.84. The van der Waals surface area contributed by atoms with Crippen molar-refractivity contribution >= 4 is 11.9 Å². The van der Waals surface area contributed by atoms with E-state index in [1.807, 2.05) is 0 Å². The molecule has 0 bridgehead atoms. The number of ether oxygens (including phenoxy) is 1. The highest BCUT2D eigenvalue weighted by molar-refractivity contribution is 5.76. The molecule has 0 aromatic heterocycles. The Balaban J connectivity index is 1.99. The van der Waals surface area contributed by atoms with Gasteiger partial charge in [0.15, 0.2) is 6.10 Å². The Morgan fingerprint density at radius 3 is 2.68 bits per heavy atom. The number of carbonyl (C=O) groups is 2. The summed E-state index contributed by atoms with van der Waals surface area (Å²) in [6, 6.07) is 0. The second-order valence-electron chi connectivity index (χ2n) is 4.56. The Bertz CT molecular complexity index is 292. The summed E-state index contributed by atoms with van der Waals surface area (Å²) in [7, 11) is 0. The summed E-state index contributed by atoms with van der Waals surface area (Å²) in [6.07, 6.45) is 0.997. The van der Waals surface area contributed by atoms with E-state index in [9.17, 15) is 9.59 Å². The van der Waals surface area contributed by atoms with Crippen LogP contribution in [0.4, 0.5) is 0 Å². The normalized spacial score (nSPS) is 17.9. The van der Waals surface area contributed by atoms with Crippen LogP contribution in [-0.4, -0.2) is 60.5 Å². The lowest BCUT2D eigenvalue weighted by molar-refractivity contribution is -0.147. The first kappa shape index (κ1) is 15.9. The van der Waals surface area contributed by atoms with E-state index in [2.05, 4.69) is 10.6 Å². The molecule has 0 radical (unpaired) electrons. The van der Waals surface area contributed by atoms with Gasteiger partial charge < -0.3 is 25.6 Å². The van der Waals surface area contributed by atoms with Gasteiger partial charge in [-0.05, 0) is 25.9 Å². The summed E-state index contributed by atoms with van der Waals surface area (Å²) in [5.41, 5.74) is 0. The Morgan fingerprint density at radius 1 is 1.37 bits per heavy atom. The van der Waals surface area contributed by atoms with E-state index in [0.717, 1.165) is 25.9 Å². The molecule has 7 nitrogen and oxygen atoms in total. The Labute approximate surface area is 112 Å². The average Bonchev–Trinajstić information content (AvgIpc) is 2.39. The lowest BCUT2D eigenvalue weighted by Gasteiger charge is -2.22. The number of hydrogen-bond donors (Lipinski definition) is 4. The topological polar surface area (TPSA) is 108 Å². The Morgan fingerprint density at radius 2 is 2.05 bits per heavy atom. The third-order valence-corrected chi connectivity index (χ3v) is 2.99. The van der Waals surface area contributed by atoms with Crippen molar-refractivity contribution in [2.45, 2.75) is 37.9 Å². The van der Waals surface area contributed by atoms with Gasteiger partial charge in [-0.3, -0.25) is 4.79 Å². The number of carboxylic acid groups (broad SMARTS) is 1. The highest BCUT2D eigenvalue weighted by Gasteiger charge is 2.14. The Hall–Kier alpha value is -1.18. The second-order valence-corrected chi connectivity index (χ2v) is 4.56. The minimum absolute atomic E-state index is 0.0101. The molecule has 0 saturated carbocycles. The van der Waals surface area contributed by atoms with Crippen molar-refractivity contribution in [2.75, 3.05) is 26.2 Å². The third kappa shape index (κ3) is 7.09. The first-order valence-corrected chi connectivity index (χ1v) is 6.59. The van der Waals surface area contributed by atoms with E-state index in [1.165, 1.54) is 0 Å². The van der Waals surface area contributed by atoms with E-state index in [1.54, 1.807) is 0 Å². The number of nitrogens with one attached hydrogen (secondary N) is 2. The van der Waals surface area contributed by atoms with E-state index < -0.39 is 12.1 Å². The molecule has 1 aliphatic rings. The van der Waals surface area contributed by atoms with Crippen molar-refractivity contribution < 1.29 is 24.5 Å². The summed E-state index contributed by atoms with van der Waals surface area (Å²) >= 11 is 0. The van der Waals surface area contributed by atoms with Crippen molar-refractivity contribution in [3.63, 3.8) is 0 Å². The van der Waals surface area contributed by atoms with Crippen LogP contribution in [0.5, 0.6) is 0 Å². The van der Waals surface area contributed by atoms with Crippen LogP contribution in [0.2, 0.25) is 0 Å². The first-order chi connectivity index (χ1) is 9.09. The molecule has 0 aliphatic carbocycles. The smallest absolute Gasteiger partial charge is 0.332 e. The van der Waals surface area contributed by atoms with Gasteiger partial charge in [0, 0.05) is 19.4 Å². The predicted molar refractivity (Wildman–Crippen MR) is 67.7 cm³/mol. The number of aliphatic hydroxyl groups excluding tert-OH is 1. The minimum Gasteiger partial charge on any atom is -0.479 e. The van der Waals surface area contributed by atoms with Crippen LogP contribution in [-0.2, 0) is 14.3 Å². The molecule has 1 heterocycles. The van der Waals surface area contributed by atoms with Crippen LogP contribution < -0.4 is 10.6 Å². The molecule has 1 atom stereocenters. The fourth-order valence-corrected chi connectivity index (χ4v) is 1.84. The summed E-state index contributed by atoms with van der Waals surface area (Å²) < 4.78 is 5.57. The lowest BCUT2D eigenvalue weighted by Crippen LogP contribution is -2.34. The zero-order chi connectivity index (χ0) is 14.1. The van der Waals surface area contributed by atoms with Crippen LogP contribution >= 0.6 is 0 Å². The molecule has 1 fully saturated rings. The molecule has 110 valence electrons. The standard InChI is InChI=1S/C12H22N2O5/c15-10(12(17)18)3-7-14-11(16)4-8-19-9-1-5-13-6-2-9/h9-10,13,15H,1-8H2,(H,14,16)(H,17,18). The summed E-state index contributed by atoms with van der Waals surface area (Å²) in [6.45, 7) is 2.42. The molecule has 19 heavy (non-hydrogen) atoms. The molecule has 1 aliphatic heterocycles. The van der Waals surface area contributed by atoms with Crippen molar-refractivity contribution in [2.24, 2.45) is 0 Å². The van der Waals surface area contributed by atoms with Gasteiger partial charge in [0.05, 0.1) is 12.7 Å². The molecule has 0 aromatic rings. The molecule has 1 saturated heterocycles. The number of carboxylic acids is 1. The summed E-state index contributed by atoms with van der Waals surface area (Å²) in [4.78, 5) is 21.7. The number of piperidine rings is 1. The van der Waals surface area contributed by atoms with Gasteiger partial charge in [-0.2, -0.15) is 0 Å². The van der Waals surface area contributed by atoms with E-state index in [-0.39, 0.29) is 31.4 Å². The highest BCUT2D eigenvalue weighted by atomic mass is 16.5. The molecule has 0 aromatic carbocycles. The first-order valence-electron chi connectivity index (χ1n) is 6.59. The molecule has 0 spiro atoms. The third-order valence-electron chi connectivity index (χ3n) is 2.99. The van der Waals surface area contributed by atoms with E-state index in [0.29, 0.717) is 6.61 Å². The van der Waals surface area contributed by atoms with Crippen LogP contribution in [0, 0.1) is 0 Å². The zero-order valence-electron chi connectivity index (χ0n) is 10.9. The molecule has 1 amide bonds. The van der Waals surface area contributed by atoms with Gasteiger partial charge in [0.1, 0.15) is 0 Å². The number of carbonyl (C=O) groups excluding carboxylic acids is 1. The minimum atomic E-state index is -1.42. The zero-order valence-corrected chi connectivity index (χ0v) is 10.9.